The Morgan fingerprint density at radius 3 is 2.13 bits per heavy atom. The number of ketones is 1. The number of ether oxygens (including phenoxy) is 1. The van der Waals surface area contributed by atoms with Crippen LogP contribution in [0.15, 0.2) is 29.2 Å². The van der Waals surface area contributed by atoms with Gasteiger partial charge < -0.3 is 14.2 Å². The predicted octanol–water partition coefficient (Wildman–Crippen LogP) is 2.17. The average molecular weight is 450 g/mol. The van der Waals surface area contributed by atoms with Gasteiger partial charge in [-0.2, -0.15) is 4.31 Å². The van der Waals surface area contributed by atoms with Gasteiger partial charge in [0.15, 0.2) is 5.78 Å². The summed E-state index contributed by atoms with van der Waals surface area (Å²) in [6.07, 6.45) is 0. The van der Waals surface area contributed by atoms with Gasteiger partial charge in [-0.3, -0.25) is 4.79 Å². The summed E-state index contributed by atoms with van der Waals surface area (Å²) in [5.41, 5.74) is 2.64. The van der Waals surface area contributed by atoms with Crippen molar-refractivity contribution < 1.29 is 22.7 Å². The molecule has 0 bridgehead atoms. The number of carbonyl (C=O) groups excluding carboxylic acids is 2. The summed E-state index contributed by atoms with van der Waals surface area (Å²) in [4.78, 5) is 27.4. The maximum absolute atomic E-state index is 13.3. The first-order valence-corrected chi connectivity index (χ1v) is 11.3. The SMILES string of the molecule is COC(=O)c1c(C)c(C(=O)CN(CCN(C)C)S(=O)(=O)c2ccc(C)cc2)c(C)n1C. The molecular weight excluding hydrogens is 418 g/mol. The number of Topliss-reactive ketones (excluding diaryl/α,β-unsaturated/α-hetero) is 1. The zero-order chi connectivity index (χ0) is 23.5. The van der Waals surface area contributed by atoms with E-state index in [0.717, 1.165) is 5.56 Å². The zero-order valence-electron chi connectivity index (χ0n) is 19.2. The van der Waals surface area contributed by atoms with Gasteiger partial charge in [-0.25, -0.2) is 13.2 Å². The van der Waals surface area contributed by atoms with Crippen molar-refractivity contribution >= 4 is 21.8 Å². The van der Waals surface area contributed by atoms with E-state index < -0.39 is 16.0 Å². The maximum Gasteiger partial charge on any atom is 0.354 e. The molecule has 0 saturated heterocycles. The summed E-state index contributed by atoms with van der Waals surface area (Å²) in [7, 11) is 2.76. The molecule has 0 spiro atoms. The van der Waals surface area contributed by atoms with E-state index in [1.54, 1.807) is 49.7 Å². The number of sulfonamides is 1. The van der Waals surface area contributed by atoms with Gasteiger partial charge in [0.1, 0.15) is 5.69 Å². The van der Waals surface area contributed by atoms with E-state index in [0.29, 0.717) is 23.4 Å². The van der Waals surface area contributed by atoms with Gasteiger partial charge in [-0.15, -0.1) is 0 Å². The third kappa shape index (κ3) is 5.23. The number of aromatic nitrogens is 1. The standard InChI is InChI=1S/C22H31N3O5S/c1-15-8-10-18(11-9-15)31(28,29)25(13-12-23(4)5)14-19(26)20-16(2)21(22(27)30-7)24(6)17(20)3/h8-11H,12-14H2,1-7H3. The van der Waals surface area contributed by atoms with Gasteiger partial charge in [-0.05, 0) is 52.6 Å². The van der Waals surface area contributed by atoms with Gasteiger partial charge in [0.25, 0.3) is 0 Å². The number of methoxy groups -OCH3 is 1. The number of hydrogen-bond donors (Lipinski definition) is 0. The van der Waals surface area contributed by atoms with Crippen LogP contribution in [0.4, 0.5) is 0 Å². The molecule has 1 heterocycles. The molecule has 0 aliphatic heterocycles. The van der Waals surface area contributed by atoms with Gasteiger partial charge >= 0.3 is 5.97 Å². The highest BCUT2D eigenvalue weighted by Gasteiger charge is 2.30. The van der Waals surface area contributed by atoms with Crippen LogP contribution in [0.5, 0.6) is 0 Å². The van der Waals surface area contributed by atoms with Crippen molar-refractivity contribution in [3.8, 4) is 0 Å². The highest BCUT2D eigenvalue weighted by Crippen LogP contribution is 2.24. The molecule has 0 N–H and O–H groups in total. The lowest BCUT2D eigenvalue weighted by atomic mass is 10.1. The van der Waals surface area contributed by atoms with Crippen LogP contribution < -0.4 is 0 Å². The predicted molar refractivity (Wildman–Crippen MR) is 119 cm³/mol. The smallest absolute Gasteiger partial charge is 0.354 e. The summed E-state index contributed by atoms with van der Waals surface area (Å²) in [5, 5.41) is 0. The second-order valence-corrected chi connectivity index (χ2v) is 9.80. The molecule has 170 valence electrons. The molecule has 2 rings (SSSR count). The van der Waals surface area contributed by atoms with Gasteiger partial charge in [-0.1, -0.05) is 17.7 Å². The van der Waals surface area contributed by atoms with Crippen molar-refractivity contribution in [2.75, 3.05) is 40.8 Å². The normalized spacial score (nSPS) is 11.9. The lowest BCUT2D eigenvalue weighted by molar-refractivity contribution is 0.0588. The van der Waals surface area contributed by atoms with Crippen LogP contribution in [0.3, 0.4) is 0 Å². The molecule has 8 nitrogen and oxygen atoms in total. The van der Waals surface area contributed by atoms with E-state index in [1.807, 2.05) is 25.9 Å². The summed E-state index contributed by atoms with van der Waals surface area (Å²) >= 11 is 0. The molecule has 0 atom stereocenters. The molecule has 0 unspecified atom stereocenters. The number of esters is 1. The molecule has 0 radical (unpaired) electrons. The first-order chi connectivity index (χ1) is 14.4. The Hall–Kier alpha value is -2.49. The van der Waals surface area contributed by atoms with E-state index in [9.17, 15) is 18.0 Å². The second-order valence-electron chi connectivity index (χ2n) is 7.86. The van der Waals surface area contributed by atoms with Crippen molar-refractivity contribution in [3.63, 3.8) is 0 Å². The molecule has 0 saturated carbocycles. The number of carbonyl (C=O) groups is 2. The summed E-state index contributed by atoms with van der Waals surface area (Å²) in [6, 6.07) is 6.55. The Morgan fingerprint density at radius 2 is 1.61 bits per heavy atom. The van der Waals surface area contributed by atoms with Crippen LogP contribution in [-0.2, 0) is 21.8 Å². The highest BCUT2D eigenvalue weighted by molar-refractivity contribution is 7.89. The second kappa shape index (κ2) is 9.76. The van der Waals surface area contributed by atoms with Crippen LogP contribution >= 0.6 is 0 Å². The Balaban J connectivity index is 2.45. The topological polar surface area (TPSA) is 88.9 Å². The minimum atomic E-state index is -3.88. The van der Waals surface area contributed by atoms with Crippen molar-refractivity contribution in [1.29, 1.82) is 0 Å². The lowest BCUT2D eigenvalue weighted by Crippen LogP contribution is -2.40. The van der Waals surface area contributed by atoms with Gasteiger partial charge in [0.05, 0.1) is 18.6 Å². The Bertz CT molecular complexity index is 1070. The van der Waals surface area contributed by atoms with Crippen molar-refractivity contribution in [2.45, 2.75) is 25.7 Å². The monoisotopic (exact) mass is 449 g/mol. The third-order valence-electron chi connectivity index (χ3n) is 5.36. The van der Waals surface area contributed by atoms with Crippen LogP contribution in [-0.4, -0.2) is 74.8 Å². The molecule has 31 heavy (non-hydrogen) atoms. The van der Waals surface area contributed by atoms with Crippen molar-refractivity contribution in [2.24, 2.45) is 7.05 Å². The summed E-state index contributed by atoms with van der Waals surface area (Å²) < 4.78 is 34.2. The Labute approximate surface area is 184 Å². The maximum atomic E-state index is 13.3. The first-order valence-electron chi connectivity index (χ1n) is 9.90. The van der Waals surface area contributed by atoms with Crippen molar-refractivity contribution in [1.82, 2.24) is 13.8 Å². The third-order valence-corrected chi connectivity index (χ3v) is 7.22. The fourth-order valence-electron chi connectivity index (χ4n) is 3.47. The van der Waals surface area contributed by atoms with E-state index in [4.69, 9.17) is 4.74 Å². The molecule has 0 aliphatic carbocycles. The van der Waals surface area contributed by atoms with E-state index in [2.05, 4.69) is 0 Å². The molecule has 0 amide bonds. The zero-order valence-corrected chi connectivity index (χ0v) is 20.0. The van der Waals surface area contributed by atoms with Crippen LogP contribution in [0.1, 0.15) is 37.7 Å². The van der Waals surface area contributed by atoms with Crippen LogP contribution in [0.25, 0.3) is 0 Å². The minimum absolute atomic E-state index is 0.140. The number of benzene rings is 1. The first kappa shape index (κ1) is 24.8. The molecule has 2 aromatic rings. The molecular formula is C22H31N3O5S. The van der Waals surface area contributed by atoms with Gasteiger partial charge in [0, 0.05) is 31.4 Å². The van der Waals surface area contributed by atoms with Crippen molar-refractivity contribution in [3.05, 3.63) is 52.3 Å². The van der Waals surface area contributed by atoms with E-state index in [1.165, 1.54) is 11.4 Å². The van der Waals surface area contributed by atoms with E-state index >= 15 is 0 Å². The average Bonchev–Trinajstić information content (AvgIpc) is 2.93. The number of likely N-dealkylation sites (N-methyl/N-ethyl adjacent to an activating group) is 1. The minimum Gasteiger partial charge on any atom is -0.464 e. The quantitative estimate of drug-likeness (QED) is 0.431. The fraction of sp³-hybridized carbons (Fsp3) is 0.455. The Kier molecular flexibility index (Phi) is 7.80. The number of aryl methyl sites for hydroxylation is 1. The molecule has 9 heteroatoms. The Morgan fingerprint density at radius 1 is 1.03 bits per heavy atom. The largest absolute Gasteiger partial charge is 0.464 e. The highest BCUT2D eigenvalue weighted by atomic mass is 32.2. The van der Waals surface area contributed by atoms with Gasteiger partial charge in [0.2, 0.25) is 10.0 Å². The van der Waals surface area contributed by atoms with Crippen LogP contribution in [0.2, 0.25) is 0 Å². The molecule has 0 fully saturated rings. The number of hydrogen-bond acceptors (Lipinski definition) is 6. The molecule has 1 aromatic carbocycles. The number of rotatable bonds is 9. The summed E-state index contributed by atoms with van der Waals surface area (Å²) in [6.45, 7) is 5.57. The fourth-order valence-corrected chi connectivity index (χ4v) is 4.86. The lowest BCUT2D eigenvalue weighted by Gasteiger charge is -2.23. The van der Waals surface area contributed by atoms with Crippen LogP contribution in [0, 0.1) is 20.8 Å². The molecule has 1 aromatic heterocycles. The summed E-state index contributed by atoms with van der Waals surface area (Å²) in [5.74, 6) is -0.908. The van der Waals surface area contributed by atoms with E-state index in [-0.39, 0.29) is 29.5 Å². The molecule has 0 aliphatic rings. The number of nitrogens with zero attached hydrogens (tertiary/aromatic N) is 3.